The van der Waals surface area contributed by atoms with Gasteiger partial charge in [0, 0.05) is 19.7 Å². The van der Waals surface area contributed by atoms with Crippen molar-refractivity contribution in [3.63, 3.8) is 0 Å². The summed E-state index contributed by atoms with van der Waals surface area (Å²) in [4.78, 5) is 33.2. The summed E-state index contributed by atoms with van der Waals surface area (Å²) in [6, 6.07) is 7.88. The highest BCUT2D eigenvalue weighted by atomic mass is 16.3. The molecule has 1 aromatic carbocycles. The van der Waals surface area contributed by atoms with Gasteiger partial charge in [0.2, 0.25) is 5.89 Å². The van der Waals surface area contributed by atoms with Gasteiger partial charge in [-0.05, 0) is 19.1 Å². The van der Waals surface area contributed by atoms with Gasteiger partial charge in [-0.15, -0.1) is 0 Å². The van der Waals surface area contributed by atoms with Crippen LogP contribution in [0.4, 0.5) is 0 Å². The van der Waals surface area contributed by atoms with Crippen LogP contribution in [0.15, 0.2) is 50.9 Å². The zero-order chi connectivity index (χ0) is 18.4. The van der Waals surface area contributed by atoms with Gasteiger partial charge in [0.15, 0.2) is 11.2 Å². The lowest BCUT2D eigenvalue weighted by molar-refractivity contribution is 0.571. The quantitative estimate of drug-likeness (QED) is 0.557. The first kappa shape index (κ1) is 16.1. The molecule has 0 atom stereocenters. The summed E-state index contributed by atoms with van der Waals surface area (Å²) < 4.78 is 9.66. The van der Waals surface area contributed by atoms with E-state index < -0.39 is 5.69 Å². The Hall–Kier alpha value is -3.42. The Bertz CT molecular complexity index is 1220. The topological polar surface area (TPSA) is 87.9 Å². The average Bonchev–Trinajstić information content (AvgIpc) is 3.26. The lowest BCUT2D eigenvalue weighted by Crippen LogP contribution is -2.37. The van der Waals surface area contributed by atoms with Crippen molar-refractivity contribution in [3.8, 4) is 11.5 Å². The number of fused-ring (bicyclic) bond motifs is 1. The highest BCUT2D eigenvalue weighted by Gasteiger charge is 2.15. The smallest absolute Gasteiger partial charge is 0.332 e. The molecule has 0 amide bonds. The van der Waals surface area contributed by atoms with E-state index in [4.69, 9.17) is 4.42 Å². The summed E-state index contributed by atoms with van der Waals surface area (Å²) in [6.45, 7) is 2.34. The van der Waals surface area contributed by atoms with E-state index in [1.165, 1.54) is 17.9 Å². The summed E-state index contributed by atoms with van der Waals surface area (Å²) >= 11 is 0. The SMILES string of the molecule is Cc1ccc(-c2nc(Cn3cnc4c3c(=O)n(C)c(=O)n4C)co2)cc1. The third kappa shape index (κ3) is 2.46. The summed E-state index contributed by atoms with van der Waals surface area (Å²) in [5.74, 6) is 0.518. The number of aryl methyl sites for hydroxylation is 2. The molecule has 0 aliphatic carbocycles. The third-order valence-electron chi connectivity index (χ3n) is 4.40. The molecule has 0 saturated heterocycles. The maximum atomic E-state index is 12.5. The first-order valence-electron chi connectivity index (χ1n) is 8.08. The van der Waals surface area contributed by atoms with Gasteiger partial charge < -0.3 is 8.98 Å². The van der Waals surface area contributed by atoms with Crippen LogP contribution in [0, 0.1) is 6.92 Å². The zero-order valence-electron chi connectivity index (χ0n) is 14.6. The molecule has 0 fully saturated rings. The van der Waals surface area contributed by atoms with Crippen molar-refractivity contribution < 1.29 is 4.42 Å². The van der Waals surface area contributed by atoms with Crippen LogP contribution in [0.1, 0.15) is 11.3 Å². The lowest BCUT2D eigenvalue weighted by Gasteiger charge is -2.05. The number of hydrogen-bond acceptors (Lipinski definition) is 5. The van der Waals surface area contributed by atoms with E-state index in [-0.39, 0.29) is 5.56 Å². The largest absolute Gasteiger partial charge is 0.444 e. The summed E-state index contributed by atoms with van der Waals surface area (Å²) in [7, 11) is 3.04. The Labute approximate surface area is 148 Å². The Morgan fingerprint density at radius 1 is 1.08 bits per heavy atom. The number of nitrogens with zero attached hydrogens (tertiary/aromatic N) is 5. The van der Waals surface area contributed by atoms with E-state index in [2.05, 4.69) is 9.97 Å². The average molecular weight is 351 g/mol. The fourth-order valence-electron chi connectivity index (χ4n) is 2.90. The van der Waals surface area contributed by atoms with E-state index in [1.807, 2.05) is 31.2 Å². The fraction of sp³-hybridized carbons (Fsp3) is 0.222. The number of rotatable bonds is 3. The highest BCUT2D eigenvalue weighted by Crippen LogP contribution is 2.20. The van der Waals surface area contributed by atoms with Crippen LogP contribution in [-0.2, 0) is 20.6 Å². The number of benzene rings is 1. The number of aromatic nitrogens is 5. The van der Waals surface area contributed by atoms with Gasteiger partial charge in [0.1, 0.15) is 6.26 Å². The summed E-state index contributed by atoms with van der Waals surface area (Å²) in [6.07, 6.45) is 3.10. The molecule has 4 rings (SSSR count). The number of imidazole rings is 1. The second-order valence-electron chi connectivity index (χ2n) is 6.26. The van der Waals surface area contributed by atoms with E-state index in [1.54, 1.807) is 17.9 Å². The molecule has 26 heavy (non-hydrogen) atoms. The second-order valence-corrected chi connectivity index (χ2v) is 6.26. The van der Waals surface area contributed by atoms with Gasteiger partial charge in [-0.25, -0.2) is 14.8 Å². The maximum absolute atomic E-state index is 12.5. The highest BCUT2D eigenvalue weighted by molar-refractivity contribution is 5.70. The standard InChI is InChI=1S/C18H17N5O3/c1-11-4-6-12(7-5-11)16-20-13(9-26-16)8-23-10-19-15-14(23)17(24)22(3)18(25)21(15)2/h4-7,9-10H,8H2,1-3H3. The molecule has 132 valence electrons. The minimum atomic E-state index is -0.407. The second kappa shape index (κ2) is 5.83. The maximum Gasteiger partial charge on any atom is 0.332 e. The molecule has 3 heterocycles. The van der Waals surface area contributed by atoms with Gasteiger partial charge in [-0.3, -0.25) is 13.9 Å². The molecular formula is C18H17N5O3. The van der Waals surface area contributed by atoms with E-state index >= 15 is 0 Å². The molecule has 8 nitrogen and oxygen atoms in total. The van der Waals surface area contributed by atoms with Crippen LogP contribution < -0.4 is 11.2 Å². The van der Waals surface area contributed by atoms with Gasteiger partial charge in [-0.2, -0.15) is 0 Å². The van der Waals surface area contributed by atoms with Crippen molar-refractivity contribution in [3.05, 3.63) is 69.0 Å². The van der Waals surface area contributed by atoms with Crippen molar-refractivity contribution in [2.75, 3.05) is 0 Å². The normalized spacial score (nSPS) is 11.3. The number of hydrogen-bond donors (Lipinski definition) is 0. The summed E-state index contributed by atoms with van der Waals surface area (Å²) in [5, 5.41) is 0. The van der Waals surface area contributed by atoms with Crippen LogP contribution in [0.2, 0.25) is 0 Å². The molecule has 8 heteroatoms. The third-order valence-corrected chi connectivity index (χ3v) is 4.40. The van der Waals surface area contributed by atoms with Crippen molar-refractivity contribution in [1.29, 1.82) is 0 Å². The van der Waals surface area contributed by atoms with Crippen LogP contribution in [0.25, 0.3) is 22.6 Å². The van der Waals surface area contributed by atoms with Crippen molar-refractivity contribution in [2.24, 2.45) is 14.1 Å². The fourth-order valence-corrected chi connectivity index (χ4v) is 2.90. The lowest BCUT2D eigenvalue weighted by atomic mass is 10.1. The molecule has 3 aromatic heterocycles. The molecule has 0 unspecified atom stereocenters. The van der Waals surface area contributed by atoms with Crippen LogP contribution >= 0.6 is 0 Å². The summed E-state index contributed by atoms with van der Waals surface area (Å²) in [5.41, 5.74) is 2.62. The zero-order valence-corrected chi connectivity index (χ0v) is 14.6. The van der Waals surface area contributed by atoms with E-state index in [0.29, 0.717) is 29.3 Å². The van der Waals surface area contributed by atoms with Crippen LogP contribution in [0.3, 0.4) is 0 Å². The molecule has 0 radical (unpaired) electrons. The molecule has 4 aromatic rings. The van der Waals surface area contributed by atoms with Crippen molar-refractivity contribution >= 4 is 11.2 Å². The molecular weight excluding hydrogens is 334 g/mol. The predicted molar refractivity (Wildman–Crippen MR) is 96.0 cm³/mol. The van der Waals surface area contributed by atoms with E-state index in [9.17, 15) is 9.59 Å². The minimum Gasteiger partial charge on any atom is -0.444 e. The molecule has 0 saturated carbocycles. The van der Waals surface area contributed by atoms with Gasteiger partial charge in [0.05, 0.1) is 18.6 Å². The molecule has 0 spiro atoms. The number of oxazole rings is 1. The Kier molecular flexibility index (Phi) is 3.61. The van der Waals surface area contributed by atoms with Crippen LogP contribution in [0.5, 0.6) is 0 Å². The van der Waals surface area contributed by atoms with Crippen molar-refractivity contribution in [2.45, 2.75) is 13.5 Å². The molecule has 0 aliphatic heterocycles. The molecule has 0 N–H and O–H groups in total. The van der Waals surface area contributed by atoms with Gasteiger partial charge in [-0.1, -0.05) is 17.7 Å². The molecule has 0 aliphatic rings. The van der Waals surface area contributed by atoms with Crippen molar-refractivity contribution in [1.82, 2.24) is 23.7 Å². The first-order chi connectivity index (χ1) is 12.5. The van der Waals surface area contributed by atoms with Gasteiger partial charge in [0.25, 0.3) is 5.56 Å². The predicted octanol–water partition coefficient (Wildman–Crippen LogP) is 1.45. The minimum absolute atomic E-state index is 0.319. The first-order valence-corrected chi connectivity index (χ1v) is 8.08. The Morgan fingerprint density at radius 2 is 1.81 bits per heavy atom. The van der Waals surface area contributed by atoms with Crippen LogP contribution in [-0.4, -0.2) is 23.7 Å². The van der Waals surface area contributed by atoms with E-state index in [0.717, 1.165) is 15.7 Å². The van der Waals surface area contributed by atoms with Gasteiger partial charge >= 0.3 is 5.69 Å². The Morgan fingerprint density at radius 3 is 2.54 bits per heavy atom. The Balaban J connectivity index is 1.74. The molecule has 0 bridgehead atoms. The monoisotopic (exact) mass is 351 g/mol.